The third kappa shape index (κ3) is 2.72. The standard InChI is InChI=1S/C14H29N3O/c1-4-18-13-8-14(9-13,11-15)17-7-5-6-16(3)10-12(17)2/h12-13H,4-11,15H2,1-3H3. The fourth-order valence-electron chi connectivity index (χ4n) is 3.74. The summed E-state index contributed by atoms with van der Waals surface area (Å²) < 4.78 is 5.72. The van der Waals surface area contributed by atoms with Gasteiger partial charge in [0.05, 0.1) is 6.10 Å². The SMILES string of the molecule is CCOC1CC(CN)(N2CCCN(C)CC2C)C1. The normalized spacial score (nSPS) is 39.3. The molecular weight excluding hydrogens is 226 g/mol. The summed E-state index contributed by atoms with van der Waals surface area (Å²) >= 11 is 0. The number of ether oxygens (including phenoxy) is 1. The molecule has 1 saturated heterocycles. The topological polar surface area (TPSA) is 41.7 Å². The van der Waals surface area contributed by atoms with Crippen molar-refractivity contribution in [3.8, 4) is 0 Å². The molecule has 2 fully saturated rings. The van der Waals surface area contributed by atoms with E-state index in [0.717, 1.165) is 32.5 Å². The van der Waals surface area contributed by atoms with Crippen LogP contribution in [0.3, 0.4) is 0 Å². The second-order valence-electron chi connectivity index (χ2n) is 6.07. The van der Waals surface area contributed by atoms with E-state index in [2.05, 4.69) is 30.7 Å². The van der Waals surface area contributed by atoms with E-state index >= 15 is 0 Å². The molecule has 0 spiro atoms. The van der Waals surface area contributed by atoms with Gasteiger partial charge in [-0.3, -0.25) is 4.90 Å². The molecule has 0 aromatic heterocycles. The number of rotatable bonds is 4. The molecule has 0 aromatic carbocycles. The van der Waals surface area contributed by atoms with E-state index in [9.17, 15) is 0 Å². The molecule has 1 aliphatic carbocycles. The van der Waals surface area contributed by atoms with Crippen LogP contribution < -0.4 is 5.73 Å². The Hall–Kier alpha value is -0.160. The highest BCUT2D eigenvalue weighted by molar-refractivity contribution is 5.06. The Morgan fingerprint density at radius 2 is 2.06 bits per heavy atom. The average molecular weight is 255 g/mol. The highest BCUT2D eigenvalue weighted by Gasteiger charge is 2.49. The monoisotopic (exact) mass is 255 g/mol. The molecule has 0 amide bonds. The molecule has 4 nitrogen and oxygen atoms in total. The summed E-state index contributed by atoms with van der Waals surface area (Å²) in [6.45, 7) is 9.55. The first-order valence-electron chi connectivity index (χ1n) is 7.38. The molecule has 1 heterocycles. The van der Waals surface area contributed by atoms with Gasteiger partial charge in [0.15, 0.2) is 0 Å². The second kappa shape index (κ2) is 5.87. The molecule has 0 bridgehead atoms. The molecular formula is C14H29N3O. The summed E-state index contributed by atoms with van der Waals surface area (Å²) in [5.41, 5.74) is 6.31. The lowest BCUT2D eigenvalue weighted by Crippen LogP contribution is -2.66. The van der Waals surface area contributed by atoms with Gasteiger partial charge in [-0.15, -0.1) is 0 Å². The van der Waals surface area contributed by atoms with Gasteiger partial charge in [0.2, 0.25) is 0 Å². The largest absolute Gasteiger partial charge is 0.378 e. The molecule has 2 N–H and O–H groups in total. The van der Waals surface area contributed by atoms with E-state index in [-0.39, 0.29) is 5.54 Å². The molecule has 4 heteroatoms. The van der Waals surface area contributed by atoms with Gasteiger partial charge in [-0.1, -0.05) is 0 Å². The van der Waals surface area contributed by atoms with Crippen molar-refractivity contribution < 1.29 is 4.74 Å². The molecule has 1 saturated carbocycles. The molecule has 0 radical (unpaired) electrons. The van der Waals surface area contributed by atoms with Crippen molar-refractivity contribution >= 4 is 0 Å². The van der Waals surface area contributed by atoms with Crippen molar-refractivity contribution in [3.63, 3.8) is 0 Å². The second-order valence-corrected chi connectivity index (χ2v) is 6.07. The minimum atomic E-state index is 0.213. The molecule has 2 rings (SSSR count). The summed E-state index contributed by atoms with van der Waals surface area (Å²) in [4.78, 5) is 5.10. The maximum absolute atomic E-state index is 6.10. The maximum atomic E-state index is 6.10. The van der Waals surface area contributed by atoms with Crippen LogP contribution in [-0.4, -0.2) is 67.3 Å². The molecule has 0 aromatic rings. The third-order valence-corrected chi connectivity index (χ3v) is 4.65. The zero-order chi connectivity index (χ0) is 13.2. The Labute approximate surface area is 111 Å². The van der Waals surface area contributed by atoms with Crippen molar-refractivity contribution in [3.05, 3.63) is 0 Å². The Balaban J connectivity index is 1.99. The lowest BCUT2D eigenvalue weighted by atomic mass is 9.72. The van der Waals surface area contributed by atoms with Gasteiger partial charge < -0.3 is 15.4 Å². The number of likely N-dealkylation sites (N-methyl/N-ethyl adjacent to an activating group) is 1. The smallest absolute Gasteiger partial charge is 0.0611 e. The lowest BCUT2D eigenvalue weighted by Gasteiger charge is -2.55. The van der Waals surface area contributed by atoms with Crippen molar-refractivity contribution in [2.75, 3.05) is 39.8 Å². The quantitative estimate of drug-likeness (QED) is 0.811. The van der Waals surface area contributed by atoms with Crippen LogP contribution in [0, 0.1) is 0 Å². The number of hydrogen-bond donors (Lipinski definition) is 1. The van der Waals surface area contributed by atoms with E-state index in [0.29, 0.717) is 12.1 Å². The van der Waals surface area contributed by atoms with Crippen LogP contribution >= 0.6 is 0 Å². The molecule has 106 valence electrons. The van der Waals surface area contributed by atoms with Crippen LogP contribution in [0.4, 0.5) is 0 Å². The van der Waals surface area contributed by atoms with Crippen molar-refractivity contribution in [1.29, 1.82) is 0 Å². The maximum Gasteiger partial charge on any atom is 0.0611 e. The van der Waals surface area contributed by atoms with E-state index in [1.165, 1.54) is 19.5 Å². The average Bonchev–Trinajstić information content (AvgIpc) is 2.45. The molecule has 1 unspecified atom stereocenters. The minimum Gasteiger partial charge on any atom is -0.378 e. The van der Waals surface area contributed by atoms with Gasteiger partial charge in [0.25, 0.3) is 0 Å². The molecule has 18 heavy (non-hydrogen) atoms. The summed E-state index contributed by atoms with van der Waals surface area (Å²) in [5.74, 6) is 0. The molecule has 1 atom stereocenters. The minimum absolute atomic E-state index is 0.213. The van der Waals surface area contributed by atoms with Crippen molar-refractivity contribution in [2.45, 2.75) is 50.8 Å². The van der Waals surface area contributed by atoms with Gasteiger partial charge in [-0.2, -0.15) is 0 Å². The van der Waals surface area contributed by atoms with Gasteiger partial charge in [-0.25, -0.2) is 0 Å². The van der Waals surface area contributed by atoms with E-state index in [1.54, 1.807) is 0 Å². The lowest BCUT2D eigenvalue weighted by molar-refractivity contribution is -0.110. The third-order valence-electron chi connectivity index (χ3n) is 4.65. The summed E-state index contributed by atoms with van der Waals surface area (Å²) in [7, 11) is 2.22. The van der Waals surface area contributed by atoms with Gasteiger partial charge in [-0.05, 0) is 46.7 Å². The fraction of sp³-hybridized carbons (Fsp3) is 1.00. The van der Waals surface area contributed by atoms with Crippen LogP contribution in [0.15, 0.2) is 0 Å². The molecule has 2 aliphatic rings. The van der Waals surface area contributed by atoms with Crippen LogP contribution in [0.25, 0.3) is 0 Å². The van der Waals surface area contributed by atoms with Crippen LogP contribution in [-0.2, 0) is 4.74 Å². The highest BCUT2D eigenvalue weighted by Crippen LogP contribution is 2.40. The molecule has 1 aliphatic heterocycles. The van der Waals surface area contributed by atoms with E-state index in [1.807, 2.05) is 0 Å². The number of hydrogen-bond acceptors (Lipinski definition) is 4. The predicted octanol–water partition coefficient (Wildman–Crippen LogP) is 0.909. The van der Waals surface area contributed by atoms with Gasteiger partial charge in [0, 0.05) is 37.8 Å². The van der Waals surface area contributed by atoms with Crippen molar-refractivity contribution in [1.82, 2.24) is 9.80 Å². The van der Waals surface area contributed by atoms with Crippen LogP contribution in [0.1, 0.15) is 33.1 Å². The Bertz CT molecular complexity index is 266. The first kappa shape index (κ1) is 14.3. The number of nitrogens with two attached hydrogens (primary N) is 1. The first-order chi connectivity index (χ1) is 8.61. The van der Waals surface area contributed by atoms with E-state index < -0.39 is 0 Å². The van der Waals surface area contributed by atoms with Crippen LogP contribution in [0.5, 0.6) is 0 Å². The Morgan fingerprint density at radius 3 is 2.67 bits per heavy atom. The Kier molecular flexibility index (Phi) is 4.64. The zero-order valence-electron chi connectivity index (χ0n) is 12.2. The summed E-state index contributed by atoms with van der Waals surface area (Å²) in [6, 6.07) is 0.601. The highest BCUT2D eigenvalue weighted by atomic mass is 16.5. The van der Waals surface area contributed by atoms with Crippen LogP contribution in [0.2, 0.25) is 0 Å². The van der Waals surface area contributed by atoms with Crippen molar-refractivity contribution in [2.24, 2.45) is 5.73 Å². The number of nitrogens with zero attached hydrogens (tertiary/aromatic N) is 2. The first-order valence-corrected chi connectivity index (χ1v) is 7.38. The predicted molar refractivity (Wildman–Crippen MR) is 74.7 cm³/mol. The Morgan fingerprint density at radius 1 is 1.33 bits per heavy atom. The summed E-state index contributed by atoms with van der Waals surface area (Å²) in [5, 5.41) is 0. The van der Waals surface area contributed by atoms with E-state index in [4.69, 9.17) is 10.5 Å². The van der Waals surface area contributed by atoms with Gasteiger partial charge >= 0.3 is 0 Å². The fourth-order valence-corrected chi connectivity index (χ4v) is 3.74. The van der Waals surface area contributed by atoms with Gasteiger partial charge in [0.1, 0.15) is 0 Å². The summed E-state index contributed by atoms with van der Waals surface area (Å²) in [6.07, 6.45) is 3.92. The zero-order valence-corrected chi connectivity index (χ0v) is 12.2.